The number of halogens is 2. The molecule has 0 saturated carbocycles. The smallest absolute Gasteiger partial charge is 0.228 e. The first-order valence-electron chi connectivity index (χ1n) is 6.95. The molecule has 0 unspecified atom stereocenters. The van der Waals surface area contributed by atoms with Gasteiger partial charge in [0.25, 0.3) is 0 Å². The summed E-state index contributed by atoms with van der Waals surface area (Å²) in [5.41, 5.74) is 2.24. The summed E-state index contributed by atoms with van der Waals surface area (Å²) in [6, 6.07) is 9.70. The molecule has 6 heteroatoms. The van der Waals surface area contributed by atoms with Gasteiger partial charge in [-0.15, -0.1) is 0 Å². The SMILES string of the molecule is COc1ccc2[nH]cc(CC(=O)Nc3ccc(F)c(Cl)c3)c2c1. The van der Waals surface area contributed by atoms with Crippen LogP contribution in [0, 0.1) is 5.82 Å². The quantitative estimate of drug-likeness (QED) is 0.754. The maximum atomic E-state index is 13.1. The normalized spacial score (nSPS) is 10.7. The lowest BCUT2D eigenvalue weighted by atomic mass is 10.1. The van der Waals surface area contributed by atoms with Gasteiger partial charge in [-0.1, -0.05) is 11.6 Å². The number of aromatic amines is 1. The number of rotatable bonds is 4. The molecule has 0 radical (unpaired) electrons. The van der Waals surface area contributed by atoms with Gasteiger partial charge < -0.3 is 15.0 Å². The van der Waals surface area contributed by atoms with E-state index >= 15 is 0 Å². The van der Waals surface area contributed by atoms with E-state index < -0.39 is 5.82 Å². The summed E-state index contributed by atoms with van der Waals surface area (Å²) in [5, 5.41) is 3.61. The number of nitrogens with one attached hydrogen (secondary N) is 2. The van der Waals surface area contributed by atoms with Crippen molar-refractivity contribution in [3.63, 3.8) is 0 Å². The predicted molar refractivity (Wildman–Crippen MR) is 88.6 cm³/mol. The van der Waals surface area contributed by atoms with Gasteiger partial charge in [0, 0.05) is 22.8 Å². The number of H-pyrrole nitrogens is 1. The molecule has 1 aromatic heterocycles. The second-order valence-electron chi connectivity index (χ2n) is 5.08. The second kappa shape index (κ2) is 6.30. The van der Waals surface area contributed by atoms with Crippen LogP contribution in [-0.2, 0) is 11.2 Å². The van der Waals surface area contributed by atoms with Crippen molar-refractivity contribution in [3.8, 4) is 5.75 Å². The highest BCUT2D eigenvalue weighted by Crippen LogP contribution is 2.24. The van der Waals surface area contributed by atoms with Crippen molar-refractivity contribution in [3.05, 3.63) is 59.0 Å². The Balaban J connectivity index is 1.78. The first kappa shape index (κ1) is 15.4. The average Bonchev–Trinajstić information content (AvgIpc) is 2.93. The molecule has 0 aliphatic rings. The van der Waals surface area contributed by atoms with Gasteiger partial charge in [-0.2, -0.15) is 0 Å². The zero-order chi connectivity index (χ0) is 16.4. The largest absolute Gasteiger partial charge is 0.497 e. The standard InChI is InChI=1S/C17H14ClFN2O2/c1-23-12-3-5-16-13(8-12)10(9-20-16)6-17(22)21-11-2-4-15(19)14(18)7-11/h2-5,7-9,20H,6H2,1H3,(H,21,22). The zero-order valence-electron chi connectivity index (χ0n) is 12.3. The van der Waals surface area contributed by atoms with Crippen LogP contribution in [-0.4, -0.2) is 18.0 Å². The molecule has 0 fully saturated rings. The molecule has 0 atom stereocenters. The molecule has 2 N–H and O–H groups in total. The number of hydrogen-bond acceptors (Lipinski definition) is 2. The van der Waals surface area contributed by atoms with Crippen LogP contribution in [0.3, 0.4) is 0 Å². The molecule has 0 saturated heterocycles. The topological polar surface area (TPSA) is 54.1 Å². The number of ether oxygens (including phenoxy) is 1. The van der Waals surface area contributed by atoms with Gasteiger partial charge in [-0.25, -0.2) is 4.39 Å². The molecular formula is C17H14ClFN2O2. The van der Waals surface area contributed by atoms with Crippen molar-refractivity contribution in [2.24, 2.45) is 0 Å². The van der Waals surface area contributed by atoms with Crippen LogP contribution >= 0.6 is 11.6 Å². The van der Waals surface area contributed by atoms with Crippen LogP contribution < -0.4 is 10.1 Å². The third-order valence-corrected chi connectivity index (χ3v) is 3.82. The van der Waals surface area contributed by atoms with Gasteiger partial charge in [-0.3, -0.25) is 4.79 Å². The fourth-order valence-electron chi connectivity index (χ4n) is 2.38. The van der Waals surface area contributed by atoms with Crippen LogP contribution in [0.1, 0.15) is 5.56 Å². The minimum absolute atomic E-state index is 0.0281. The number of amides is 1. The summed E-state index contributed by atoms with van der Waals surface area (Å²) in [6.07, 6.45) is 1.98. The van der Waals surface area contributed by atoms with Crippen LogP contribution in [0.5, 0.6) is 5.75 Å². The molecule has 3 rings (SSSR count). The van der Waals surface area contributed by atoms with E-state index in [1.807, 2.05) is 18.2 Å². The number of hydrogen-bond donors (Lipinski definition) is 2. The highest BCUT2D eigenvalue weighted by Gasteiger charge is 2.11. The van der Waals surface area contributed by atoms with Crippen LogP contribution in [0.4, 0.5) is 10.1 Å². The van der Waals surface area contributed by atoms with E-state index in [0.717, 1.165) is 22.2 Å². The van der Waals surface area contributed by atoms with Crippen molar-refractivity contribution in [2.75, 3.05) is 12.4 Å². The minimum Gasteiger partial charge on any atom is -0.497 e. The number of aromatic nitrogens is 1. The Morgan fingerprint density at radius 3 is 2.87 bits per heavy atom. The summed E-state index contributed by atoms with van der Waals surface area (Å²) in [4.78, 5) is 15.3. The number of fused-ring (bicyclic) bond motifs is 1. The zero-order valence-corrected chi connectivity index (χ0v) is 13.1. The molecule has 0 aliphatic heterocycles. The average molecular weight is 333 g/mol. The lowest BCUT2D eigenvalue weighted by Gasteiger charge is -2.06. The third-order valence-electron chi connectivity index (χ3n) is 3.53. The summed E-state index contributed by atoms with van der Waals surface area (Å²) < 4.78 is 18.3. The molecule has 1 amide bonds. The lowest BCUT2D eigenvalue weighted by Crippen LogP contribution is -2.14. The number of benzene rings is 2. The van der Waals surface area contributed by atoms with E-state index in [0.29, 0.717) is 5.69 Å². The van der Waals surface area contributed by atoms with Crippen LogP contribution in [0.2, 0.25) is 5.02 Å². The monoisotopic (exact) mass is 332 g/mol. The van der Waals surface area contributed by atoms with E-state index in [9.17, 15) is 9.18 Å². The van der Waals surface area contributed by atoms with Crippen molar-refractivity contribution < 1.29 is 13.9 Å². The maximum absolute atomic E-state index is 13.1. The lowest BCUT2D eigenvalue weighted by molar-refractivity contribution is -0.115. The van der Waals surface area contributed by atoms with Gasteiger partial charge >= 0.3 is 0 Å². The number of anilines is 1. The molecule has 23 heavy (non-hydrogen) atoms. The van der Waals surface area contributed by atoms with E-state index in [1.54, 1.807) is 13.3 Å². The Morgan fingerprint density at radius 2 is 2.13 bits per heavy atom. The molecule has 3 aromatic rings. The molecule has 1 heterocycles. The molecule has 2 aromatic carbocycles. The fraction of sp³-hybridized carbons (Fsp3) is 0.118. The Bertz CT molecular complexity index is 876. The molecule has 0 bridgehead atoms. The predicted octanol–water partition coefficient (Wildman–Crippen LogP) is 4.15. The van der Waals surface area contributed by atoms with Gasteiger partial charge in [0.1, 0.15) is 11.6 Å². The Hall–Kier alpha value is -2.53. The number of carbonyl (C=O) groups is 1. The van der Waals surface area contributed by atoms with E-state index in [4.69, 9.17) is 16.3 Å². The Morgan fingerprint density at radius 1 is 1.30 bits per heavy atom. The molecule has 118 valence electrons. The van der Waals surface area contributed by atoms with Crippen LogP contribution in [0.15, 0.2) is 42.6 Å². The van der Waals surface area contributed by atoms with E-state index in [-0.39, 0.29) is 17.4 Å². The molecule has 4 nitrogen and oxygen atoms in total. The van der Waals surface area contributed by atoms with Crippen molar-refractivity contribution in [1.82, 2.24) is 4.98 Å². The molecular weight excluding hydrogens is 319 g/mol. The summed E-state index contributed by atoms with van der Waals surface area (Å²) in [6.45, 7) is 0. The Labute approximate surface area is 137 Å². The summed E-state index contributed by atoms with van der Waals surface area (Å²) >= 11 is 5.71. The van der Waals surface area contributed by atoms with Gasteiger partial charge in [0.05, 0.1) is 18.6 Å². The molecule has 0 aliphatic carbocycles. The third kappa shape index (κ3) is 3.29. The van der Waals surface area contributed by atoms with Gasteiger partial charge in [0.2, 0.25) is 5.91 Å². The first-order valence-corrected chi connectivity index (χ1v) is 7.33. The van der Waals surface area contributed by atoms with Crippen molar-refractivity contribution in [1.29, 1.82) is 0 Å². The minimum atomic E-state index is -0.520. The molecule has 0 spiro atoms. The van der Waals surface area contributed by atoms with Crippen molar-refractivity contribution in [2.45, 2.75) is 6.42 Å². The first-order chi connectivity index (χ1) is 11.1. The summed E-state index contributed by atoms with van der Waals surface area (Å²) in [7, 11) is 1.60. The van der Waals surface area contributed by atoms with Crippen molar-refractivity contribution >= 4 is 34.1 Å². The van der Waals surface area contributed by atoms with E-state index in [2.05, 4.69) is 10.3 Å². The van der Waals surface area contributed by atoms with Gasteiger partial charge in [0.15, 0.2) is 0 Å². The maximum Gasteiger partial charge on any atom is 0.228 e. The number of carbonyl (C=O) groups excluding carboxylic acids is 1. The second-order valence-corrected chi connectivity index (χ2v) is 5.49. The summed E-state index contributed by atoms with van der Waals surface area (Å²) in [5.74, 6) is -0.00569. The number of methoxy groups -OCH3 is 1. The Kier molecular flexibility index (Phi) is 4.21. The highest BCUT2D eigenvalue weighted by atomic mass is 35.5. The van der Waals surface area contributed by atoms with Crippen LogP contribution in [0.25, 0.3) is 10.9 Å². The van der Waals surface area contributed by atoms with Gasteiger partial charge in [-0.05, 0) is 42.0 Å². The fourth-order valence-corrected chi connectivity index (χ4v) is 2.56. The highest BCUT2D eigenvalue weighted by molar-refractivity contribution is 6.31. The van der Waals surface area contributed by atoms with E-state index in [1.165, 1.54) is 18.2 Å².